The molecule has 3 nitrogen and oxygen atoms in total. The normalized spacial score (nSPS) is 9.90. The van der Waals surface area contributed by atoms with E-state index in [-0.39, 0.29) is 5.91 Å². The van der Waals surface area contributed by atoms with E-state index in [9.17, 15) is 4.79 Å². The Bertz CT molecular complexity index is 698. The van der Waals surface area contributed by atoms with Crippen LogP contribution in [0.25, 0.3) is 0 Å². The van der Waals surface area contributed by atoms with Gasteiger partial charge in [-0.2, -0.15) is 5.26 Å². The molecule has 0 radical (unpaired) electrons. The fourth-order valence-corrected chi connectivity index (χ4v) is 2.12. The molecule has 0 aliphatic carbocycles. The predicted octanol–water partition coefficient (Wildman–Crippen LogP) is 3.45. The second kappa shape index (κ2) is 5.58. The van der Waals surface area contributed by atoms with E-state index >= 15 is 0 Å². The van der Waals surface area contributed by atoms with Crippen molar-refractivity contribution in [2.24, 2.45) is 0 Å². The molecular weight excluding hydrogens is 248 g/mol. The molecule has 0 fully saturated rings. The zero-order chi connectivity index (χ0) is 14.7. The highest BCUT2D eigenvalue weighted by molar-refractivity contribution is 6.07. The fourth-order valence-electron chi connectivity index (χ4n) is 2.12. The van der Waals surface area contributed by atoms with Crippen molar-refractivity contribution in [2.75, 3.05) is 11.9 Å². The van der Waals surface area contributed by atoms with Crippen molar-refractivity contribution < 1.29 is 4.79 Å². The van der Waals surface area contributed by atoms with Crippen molar-refractivity contribution in [1.29, 1.82) is 5.26 Å². The molecule has 2 aromatic rings. The summed E-state index contributed by atoms with van der Waals surface area (Å²) in [6.45, 7) is 3.87. The van der Waals surface area contributed by atoms with Gasteiger partial charge in [-0.05, 0) is 37.6 Å². The Morgan fingerprint density at radius 1 is 1.15 bits per heavy atom. The number of carbonyl (C=O) groups is 1. The van der Waals surface area contributed by atoms with Crippen molar-refractivity contribution in [2.45, 2.75) is 13.8 Å². The maximum Gasteiger partial charge on any atom is 0.258 e. The van der Waals surface area contributed by atoms with Crippen LogP contribution < -0.4 is 4.90 Å². The quantitative estimate of drug-likeness (QED) is 0.833. The number of rotatable bonds is 2. The summed E-state index contributed by atoms with van der Waals surface area (Å²) in [6.07, 6.45) is 0. The van der Waals surface area contributed by atoms with Gasteiger partial charge in [-0.15, -0.1) is 0 Å². The van der Waals surface area contributed by atoms with E-state index in [0.29, 0.717) is 16.8 Å². The van der Waals surface area contributed by atoms with Crippen LogP contribution in [-0.4, -0.2) is 13.0 Å². The van der Waals surface area contributed by atoms with Gasteiger partial charge in [0.2, 0.25) is 0 Å². The molecule has 0 aliphatic rings. The van der Waals surface area contributed by atoms with Gasteiger partial charge in [0.15, 0.2) is 0 Å². The monoisotopic (exact) mass is 264 g/mol. The van der Waals surface area contributed by atoms with E-state index < -0.39 is 0 Å². The summed E-state index contributed by atoms with van der Waals surface area (Å²) in [4.78, 5) is 14.1. The second-order valence-corrected chi connectivity index (χ2v) is 4.81. The van der Waals surface area contributed by atoms with Crippen LogP contribution in [0.4, 0.5) is 5.69 Å². The van der Waals surface area contributed by atoms with Crippen molar-refractivity contribution in [3.8, 4) is 6.07 Å². The minimum absolute atomic E-state index is 0.103. The number of carbonyl (C=O) groups excluding carboxylic acids is 1. The Balaban J connectivity index is 2.43. The Morgan fingerprint density at radius 3 is 2.55 bits per heavy atom. The number of amides is 1. The average Bonchev–Trinajstić information content (AvgIpc) is 2.48. The van der Waals surface area contributed by atoms with Crippen LogP contribution in [0, 0.1) is 25.2 Å². The number of nitrogens with zero attached hydrogens (tertiary/aromatic N) is 2. The molecular formula is C17H16N2O. The SMILES string of the molecule is Cc1ccc(C)c(C(=O)N(C)c2ccccc2C#N)c1. The van der Waals surface area contributed by atoms with E-state index in [1.165, 1.54) is 4.90 Å². The van der Waals surface area contributed by atoms with Gasteiger partial charge < -0.3 is 4.90 Å². The first-order valence-corrected chi connectivity index (χ1v) is 6.39. The van der Waals surface area contributed by atoms with E-state index in [1.807, 2.05) is 38.1 Å². The Hall–Kier alpha value is -2.60. The van der Waals surface area contributed by atoms with E-state index in [4.69, 9.17) is 5.26 Å². The zero-order valence-electron chi connectivity index (χ0n) is 11.8. The number of aryl methyl sites for hydroxylation is 2. The van der Waals surface area contributed by atoms with E-state index in [2.05, 4.69) is 6.07 Å². The molecule has 0 atom stereocenters. The Kier molecular flexibility index (Phi) is 3.86. The van der Waals surface area contributed by atoms with Gasteiger partial charge in [0.05, 0.1) is 11.3 Å². The summed E-state index contributed by atoms with van der Waals surface area (Å²) in [5.74, 6) is -0.103. The van der Waals surface area contributed by atoms with Crippen LogP contribution in [0.1, 0.15) is 27.0 Å². The highest BCUT2D eigenvalue weighted by Crippen LogP contribution is 2.21. The number of nitriles is 1. The maximum absolute atomic E-state index is 12.6. The lowest BCUT2D eigenvalue weighted by Crippen LogP contribution is -2.27. The van der Waals surface area contributed by atoms with Crippen molar-refractivity contribution in [3.05, 3.63) is 64.7 Å². The van der Waals surface area contributed by atoms with E-state index in [0.717, 1.165) is 11.1 Å². The average molecular weight is 264 g/mol. The summed E-state index contributed by atoms with van der Waals surface area (Å²) in [5, 5.41) is 9.13. The van der Waals surface area contributed by atoms with Gasteiger partial charge in [0.1, 0.15) is 6.07 Å². The molecule has 2 rings (SSSR count). The van der Waals surface area contributed by atoms with Gasteiger partial charge in [-0.1, -0.05) is 29.8 Å². The largest absolute Gasteiger partial charge is 0.310 e. The third kappa shape index (κ3) is 2.55. The lowest BCUT2D eigenvalue weighted by molar-refractivity contribution is 0.0992. The van der Waals surface area contributed by atoms with Crippen molar-refractivity contribution >= 4 is 11.6 Å². The molecule has 0 aliphatic heterocycles. The fraction of sp³-hybridized carbons (Fsp3) is 0.176. The van der Waals surface area contributed by atoms with Gasteiger partial charge in [-0.3, -0.25) is 4.79 Å². The first-order valence-electron chi connectivity index (χ1n) is 6.39. The molecule has 1 amide bonds. The number of hydrogen-bond acceptors (Lipinski definition) is 2. The molecule has 100 valence electrons. The van der Waals surface area contributed by atoms with Crippen LogP contribution in [0.15, 0.2) is 42.5 Å². The minimum atomic E-state index is -0.103. The van der Waals surface area contributed by atoms with Crippen LogP contribution in [-0.2, 0) is 0 Å². The molecule has 20 heavy (non-hydrogen) atoms. The Morgan fingerprint density at radius 2 is 1.85 bits per heavy atom. The molecule has 2 aromatic carbocycles. The van der Waals surface area contributed by atoms with Crippen LogP contribution >= 0.6 is 0 Å². The smallest absolute Gasteiger partial charge is 0.258 e. The molecule has 0 N–H and O–H groups in total. The van der Waals surface area contributed by atoms with Crippen LogP contribution in [0.5, 0.6) is 0 Å². The number of para-hydroxylation sites is 1. The highest BCUT2D eigenvalue weighted by atomic mass is 16.2. The number of benzene rings is 2. The van der Waals surface area contributed by atoms with Gasteiger partial charge in [0, 0.05) is 12.6 Å². The predicted molar refractivity (Wildman–Crippen MR) is 79.8 cm³/mol. The van der Waals surface area contributed by atoms with Crippen molar-refractivity contribution in [3.63, 3.8) is 0 Å². The lowest BCUT2D eigenvalue weighted by Gasteiger charge is -2.19. The van der Waals surface area contributed by atoms with Gasteiger partial charge >= 0.3 is 0 Å². The van der Waals surface area contributed by atoms with Crippen molar-refractivity contribution in [1.82, 2.24) is 0 Å². The number of hydrogen-bond donors (Lipinski definition) is 0. The minimum Gasteiger partial charge on any atom is -0.310 e. The summed E-state index contributed by atoms with van der Waals surface area (Å²) in [7, 11) is 1.69. The molecule has 0 bridgehead atoms. The van der Waals surface area contributed by atoms with Gasteiger partial charge in [-0.25, -0.2) is 0 Å². The van der Waals surface area contributed by atoms with Crippen LogP contribution in [0.3, 0.4) is 0 Å². The molecule has 3 heteroatoms. The molecule has 0 unspecified atom stereocenters. The summed E-state index contributed by atoms with van der Waals surface area (Å²) in [6, 6.07) is 15.0. The zero-order valence-corrected chi connectivity index (χ0v) is 11.8. The maximum atomic E-state index is 12.6. The standard InChI is InChI=1S/C17H16N2O/c1-12-8-9-13(2)15(10-12)17(20)19(3)16-7-5-4-6-14(16)11-18/h4-10H,1-3H3. The summed E-state index contributed by atoms with van der Waals surface area (Å²) < 4.78 is 0. The molecule has 0 aromatic heterocycles. The van der Waals surface area contributed by atoms with Gasteiger partial charge in [0.25, 0.3) is 5.91 Å². The molecule has 0 saturated heterocycles. The highest BCUT2D eigenvalue weighted by Gasteiger charge is 2.17. The van der Waals surface area contributed by atoms with E-state index in [1.54, 1.807) is 25.2 Å². The molecule has 0 saturated carbocycles. The number of anilines is 1. The molecule has 0 heterocycles. The summed E-state index contributed by atoms with van der Waals surface area (Å²) in [5.41, 5.74) is 3.76. The topological polar surface area (TPSA) is 44.1 Å². The third-order valence-electron chi connectivity index (χ3n) is 3.31. The Labute approximate surface area is 119 Å². The molecule has 0 spiro atoms. The van der Waals surface area contributed by atoms with Crippen LogP contribution in [0.2, 0.25) is 0 Å². The first kappa shape index (κ1) is 13.8. The third-order valence-corrected chi connectivity index (χ3v) is 3.31. The summed E-state index contributed by atoms with van der Waals surface area (Å²) >= 11 is 0. The first-order chi connectivity index (χ1) is 9.54. The second-order valence-electron chi connectivity index (χ2n) is 4.81. The lowest BCUT2D eigenvalue weighted by atomic mass is 10.0.